The number of hydrogen-bond acceptors (Lipinski definition) is 5. The summed E-state index contributed by atoms with van der Waals surface area (Å²) in [7, 11) is 0. The maximum atomic E-state index is 10.4. The van der Waals surface area contributed by atoms with Crippen LogP contribution in [0.5, 0.6) is 0 Å². The van der Waals surface area contributed by atoms with Crippen molar-refractivity contribution in [3.63, 3.8) is 0 Å². The molecule has 5 nitrogen and oxygen atoms in total. The highest BCUT2D eigenvalue weighted by Gasteiger charge is 2.10. The van der Waals surface area contributed by atoms with E-state index in [1.807, 2.05) is 24.3 Å². The Bertz CT molecular complexity index is 493. The SMILES string of the molecule is O=C(O)CCC(S)Nc1nc2ccccc2o1. The van der Waals surface area contributed by atoms with E-state index in [4.69, 9.17) is 9.52 Å². The molecule has 0 saturated heterocycles. The summed E-state index contributed by atoms with van der Waals surface area (Å²) in [5.41, 5.74) is 1.45. The molecule has 1 aromatic carbocycles. The van der Waals surface area contributed by atoms with Crippen LogP contribution in [0, 0.1) is 0 Å². The minimum absolute atomic E-state index is 0.0569. The predicted molar refractivity (Wildman–Crippen MR) is 67.3 cm³/mol. The fraction of sp³-hybridized carbons (Fsp3) is 0.273. The second-order valence-corrected chi connectivity index (χ2v) is 4.20. The average molecular weight is 252 g/mol. The van der Waals surface area contributed by atoms with Gasteiger partial charge in [-0.3, -0.25) is 4.79 Å². The Morgan fingerprint density at radius 3 is 3.00 bits per heavy atom. The number of rotatable bonds is 5. The molecule has 1 atom stereocenters. The first-order valence-electron chi connectivity index (χ1n) is 5.17. The van der Waals surface area contributed by atoms with Gasteiger partial charge in [0.05, 0.1) is 5.37 Å². The van der Waals surface area contributed by atoms with Gasteiger partial charge in [0.1, 0.15) is 5.52 Å². The summed E-state index contributed by atoms with van der Waals surface area (Å²) < 4.78 is 5.43. The molecule has 2 aromatic rings. The quantitative estimate of drug-likeness (QED) is 0.562. The van der Waals surface area contributed by atoms with E-state index in [-0.39, 0.29) is 11.8 Å². The number of anilines is 1. The van der Waals surface area contributed by atoms with E-state index in [2.05, 4.69) is 22.9 Å². The molecule has 0 aliphatic carbocycles. The second-order valence-electron chi connectivity index (χ2n) is 3.58. The van der Waals surface area contributed by atoms with Gasteiger partial charge in [0.15, 0.2) is 5.58 Å². The molecule has 0 radical (unpaired) electrons. The molecule has 0 fully saturated rings. The molecule has 1 aromatic heterocycles. The molecule has 0 saturated carbocycles. The van der Waals surface area contributed by atoms with Crippen LogP contribution in [0.3, 0.4) is 0 Å². The molecule has 1 unspecified atom stereocenters. The van der Waals surface area contributed by atoms with Gasteiger partial charge in [-0.05, 0) is 18.6 Å². The maximum Gasteiger partial charge on any atom is 0.303 e. The van der Waals surface area contributed by atoms with Gasteiger partial charge < -0.3 is 14.8 Å². The van der Waals surface area contributed by atoms with E-state index in [0.29, 0.717) is 18.0 Å². The number of para-hydroxylation sites is 2. The number of fused-ring (bicyclic) bond motifs is 1. The van der Waals surface area contributed by atoms with Crippen molar-refractivity contribution < 1.29 is 14.3 Å². The summed E-state index contributed by atoms with van der Waals surface area (Å²) in [6.07, 6.45) is 0.457. The van der Waals surface area contributed by atoms with E-state index in [1.165, 1.54) is 0 Å². The molecule has 2 rings (SSSR count). The molecular formula is C11H12N2O3S. The number of aliphatic carboxylic acids is 1. The molecule has 1 heterocycles. The molecule has 0 bridgehead atoms. The minimum Gasteiger partial charge on any atom is -0.481 e. The highest BCUT2D eigenvalue weighted by molar-refractivity contribution is 7.81. The van der Waals surface area contributed by atoms with E-state index in [0.717, 1.165) is 5.52 Å². The number of carboxylic acids is 1. The van der Waals surface area contributed by atoms with Crippen LogP contribution in [-0.4, -0.2) is 21.4 Å². The van der Waals surface area contributed by atoms with Crippen molar-refractivity contribution in [3.05, 3.63) is 24.3 Å². The number of carbonyl (C=O) groups is 1. The van der Waals surface area contributed by atoms with E-state index in [1.54, 1.807) is 0 Å². The van der Waals surface area contributed by atoms with Crippen LogP contribution in [0.1, 0.15) is 12.8 Å². The fourth-order valence-corrected chi connectivity index (χ4v) is 1.65. The molecule has 0 aliphatic rings. The lowest BCUT2D eigenvalue weighted by Crippen LogP contribution is -2.14. The van der Waals surface area contributed by atoms with Gasteiger partial charge in [-0.15, -0.1) is 0 Å². The Morgan fingerprint density at radius 1 is 1.53 bits per heavy atom. The fourth-order valence-electron chi connectivity index (χ4n) is 1.41. The number of nitrogens with zero attached hydrogens (tertiary/aromatic N) is 1. The molecule has 2 N–H and O–H groups in total. The smallest absolute Gasteiger partial charge is 0.303 e. The normalized spacial score (nSPS) is 12.5. The monoisotopic (exact) mass is 252 g/mol. The Hall–Kier alpha value is -1.69. The molecule has 0 aliphatic heterocycles. The average Bonchev–Trinajstić information content (AvgIpc) is 2.68. The zero-order valence-corrected chi connectivity index (χ0v) is 9.85. The molecule has 0 spiro atoms. The molecule has 17 heavy (non-hydrogen) atoms. The van der Waals surface area contributed by atoms with Crippen molar-refractivity contribution in [1.29, 1.82) is 0 Å². The first kappa shape index (κ1) is 11.8. The van der Waals surface area contributed by atoms with E-state index in [9.17, 15) is 4.79 Å². The third-order valence-corrected chi connectivity index (χ3v) is 2.60. The Balaban J connectivity index is 2.00. The summed E-state index contributed by atoms with van der Waals surface area (Å²) >= 11 is 4.22. The highest BCUT2D eigenvalue weighted by Crippen LogP contribution is 2.19. The summed E-state index contributed by atoms with van der Waals surface area (Å²) in [4.78, 5) is 14.6. The summed E-state index contributed by atoms with van der Waals surface area (Å²) in [5, 5.41) is 11.2. The molecule has 0 amide bonds. The van der Waals surface area contributed by atoms with Crippen LogP contribution in [0.15, 0.2) is 28.7 Å². The maximum absolute atomic E-state index is 10.4. The topological polar surface area (TPSA) is 75.4 Å². The lowest BCUT2D eigenvalue weighted by atomic mass is 10.3. The number of benzene rings is 1. The van der Waals surface area contributed by atoms with E-state index < -0.39 is 5.97 Å². The number of hydrogen-bond donors (Lipinski definition) is 3. The van der Waals surface area contributed by atoms with Crippen LogP contribution in [0.2, 0.25) is 0 Å². The third kappa shape index (κ3) is 3.13. The first-order valence-corrected chi connectivity index (χ1v) is 5.69. The second kappa shape index (κ2) is 5.09. The van der Waals surface area contributed by atoms with Crippen molar-refractivity contribution in [2.45, 2.75) is 18.2 Å². The summed E-state index contributed by atoms with van der Waals surface area (Å²) in [6.45, 7) is 0. The number of nitrogens with one attached hydrogen (secondary N) is 1. The Kier molecular flexibility index (Phi) is 3.53. The van der Waals surface area contributed by atoms with Crippen LogP contribution >= 0.6 is 12.6 Å². The molecule has 6 heteroatoms. The van der Waals surface area contributed by atoms with Crippen molar-refractivity contribution in [2.75, 3.05) is 5.32 Å². The minimum atomic E-state index is -0.844. The summed E-state index contributed by atoms with van der Waals surface area (Å²) in [5.74, 6) is -0.844. The van der Waals surface area contributed by atoms with Crippen molar-refractivity contribution in [3.8, 4) is 0 Å². The van der Waals surface area contributed by atoms with Gasteiger partial charge in [0.25, 0.3) is 6.01 Å². The first-order chi connectivity index (χ1) is 8.15. The summed E-state index contributed by atoms with van der Waals surface area (Å²) in [6, 6.07) is 7.75. The van der Waals surface area contributed by atoms with Crippen molar-refractivity contribution in [1.82, 2.24) is 4.98 Å². The largest absolute Gasteiger partial charge is 0.481 e. The van der Waals surface area contributed by atoms with Gasteiger partial charge in [0, 0.05) is 6.42 Å². The zero-order chi connectivity index (χ0) is 12.3. The third-order valence-electron chi connectivity index (χ3n) is 2.22. The number of aromatic nitrogens is 1. The van der Waals surface area contributed by atoms with E-state index >= 15 is 0 Å². The van der Waals surface area contributed by atoms with Gasteiger partial charge in [-0.25, -0.2) is 0 Å². The van der Waals surface area contributed by atoms with Crippen molar-refractivity contribution in [2.24, 2.45) is 0 Å². The molecule has 90 valence electrons. The number of thiol groups is 1. The van der Waals surface area contributed by atoms with Crippen LogP contribution < -0.4 is 5.32 Å². The van der Waals surface area contributed by atoms with Gasteiger partial charge >= 0.3 is 5.97 Å². The number of carboxylic acid groups (broad SMARTS) is 1. The lowest BCUT2D eigenvalue weighted by Gasteiger charge is -2.08. The lowest BCUT2D eigenvalue weighted by molar-refractivity contribution is -0.137. The van der Waals surface area contributed by atoms with Crippen LogP contribution in [-0.2, 0) is 4.79 Å². The van der Waals surface area contributed by atoms with Crippen LogP contribution in [0.25, 0.3) is 11.1 Å². The van der Waals surface area contributed by atoms with Gasteiger partial charge in [-0.2, -0.15) is 17.6 Å². The van der Waals surface area contributed by atoms with Gasteiger partial charge in [-0.1, -0.05) is 12.1 Å². The standard InChI is InChI=1S/C11H12N2O3S/c14-10(15)6-5-9(17)13-11-12-7-3-1-2-4-8(7)16-11/h1-4,9,17H,5-6H2,(H,12,13)(H,14,15). The van der Waals surface area contributed by atoms with Crippen molar-refractivity contribution >= 4 is 35.7 Å². The number of oxazole rings is 1. The molecular weight excluding hydrogens is 240 g/mol. The zero-order valence-electron chi connectivity index (χ0n) is 8.96. The highest BCUT2D eigenvalue weighted by atomic mass is 32.1. The van der Waals surface area contributed by atoms with Gasteiger partial charge in [0.2, 0.25) is 0 Å². The Labute approximate surface area is 103 Å². The van der Waals surface area contributed by atoms with Crippen LogP contribution in [0.4, 0.5) is 6.01 Å². The predicted octanol–water partition coefficient (Wildman–Crippen LogP) is 2.36. The Morgan fingerprint density at radius 2 is 2.29 bits per heavy atom.